The number of aromatic nitrogens is 3. The molecule has 1 N–H and O–H groups in total. The maximum absolute atomic E-state index is 12.4. The molecule has 1 unspecified atom stereocenters. The van der Waals surface area contributed by atoms with Gasteiger partial charge in [0, 0.05) is 18.5 Å². The van der Waals surface area contributed by atoms with E-state index in [2.05, 4.69) is 22.1 Å². The number of carbonyl (C=O) groups excluding carboxylic acids is 1. The van der Waals surface area contributed by atoms with Crippen LogP contribution in [-0.2, 0) is 6.42 Å². The molecule has 0 saturated heterocycles. The first-order chi connectivity index (χ1) is 10.0. The molecule has 1 aromatic heterocycles. The van der Waals surface area contributed by atoms with Gasteiger partial charge >= 0.3 is 0 Å². The fourth-order valence-corrected chi connectivity index (χ4v) is 2.39. The molecule has 1 amide bonds. The lowest BCUT2D eigenvalue weighted by molar-refractivity contribution is 0.0730. The quantitative estimate of drug-likeness (QED) is 0.922. The van der Waals surface area contributed by atoms with E-state index in [1.165, 1.54) is 0 Å². The molecule has 0 aliphatic heterocycles. The fraction of sp³-hybridized carbons (Fsp3) is 0.400. The number of amides is 1. The van der Waals surface area contributed by atoms with Crippen molar-refractivity contribution in [3.05, 3.63) is 46.5 Å². The molecule has 112 valence electrons. The molecule has 0 saturated carbocycles. The lowest BCUT2D eigenvalue weighted by atomic mass is 10.1. The first kappa shape index (κ1) is 15.5. The second kappa shape index (κ2) is 6.72. The third-order valence-corrected chi connectivity index (χ3v) is 3.81. The second-order valence-corrected chi connectivity index (χ2v) is 5.38. The SMILES string of the molecule is CCCc1nc(C(=O)N(C)C(C)c2ccccc2Cl)n[nH]1. The molecule has 5 nitrogen and oxygen atoms in total. The molecule has 6 heteroatoms. The van der Waals surface area contributed by atoms with Crippen LogP contribution in [0.15, 0.2) is 24.3 Å². The molecule has 0 fully saturated rings. The number of aromatic amines is 1. The molecule has 0 spiro atoms. The van der Waals surface area contributed by atoms with E-state index < -0.39 is 0 Å². The number of H-pyrrole nitrogens is 1. The Morgan fingerprint density at radius 2 is 2.14 bits per heavy atom. The van der Waals surface area contributed by atoms with Crippen molar-refractivity contribution in [3.63, 3.8) is 0 Å². The van der Waals surface area contributed by atoms with E-state index >= 15 is 0 Å². The van der Waals surface area contributed by atoms with Crippen LogP contribution in [0.5, 0.6) is 0 Å². The van der Waals surface area contributed by atoms with E-state index in [9.17, 15) is 4.79 Å². The first-order valence-corrected chi connectivity index (χ1v) is 7.35. The van der Waals surface area contributed by atoms with Crippen molar-refractivity contribution in [1.82, 2.24) is 20.1 Å². The van der Waals surface area contributed by atoms with Gasteiger partial charge in [-0.1, -0.05) is 36.7 Å². The maximum Gasteiger partial charge on any atom is 0.293 e. The van der Waals surface area contributed by atoms with Gasteiger partial charge in [0.25, 0.3) is 5.91 Å². The molecule has 1 heterocycles. The highest BCUT2D eigenvalue weighted by atomic mass is 35.5. The predicted octanol–water partition coefficient (Wildman–Crippen LogP) is 3.24. The largest absolute Gasteiger partial charge is 0.332 e. The standard InChI is InChI=1S/C15H19ClN4O/c1-4-7-13-17-14(19-18-13)15(21)20(3)10(2)11-8-5-6-9-12(11)16/h5-6,8-10H,4,7H2,1-3H3,(H,17,18,19). The van der Waals surface area contributed by atoms with Crippen LogP contribution < -0.4 is 0 Å². The summed E-state index contributed by atoms with van der Waals surface area (Å²) < 4.78 is 0. The number of nitrogens with zero attached hydrogens (tertiary/aromatic N) is 3. The van der Waals surface area contributed by atoms with E-state index in [1.807, 2.05) is 31.2 Å². The molecule has 0 bridgehead atoms. The van der Waals surface area contributed by atoms with Crippen LogP contribution in [0.1, 0.15) is 48.3 Å². The van der Waals surface area contributed by atoms with E-state index in [4.69, 9.17) is 11.6 Å². The van der Waals surface area contributed by atoms with Crippen LogP contribution in [0.2, 0.25) is 5.02 Å². The lowest BCUT2D eigenvalue weighted by Crippen LogP contribution is -2.30. The van der Waals surface area contributed by atoms with Gasteiger partial charge in [0.05, 0.1) is 6.04 Å². The topological polar surface area (TPSA) is 61.9 Å². The number of nitrogens with one attached hydrogen (secondary N) is 1. The maximum atomic E-state index is 12.4. The average molecular weight is 307 g/mol. The zero-order valence-corrected chi connectivity index (χ0v) is 13.2. The molecular weight excluding hydrogens is 288 g/mol. The summed E-state index contributed by atoms with van der Waals surface area (Å²) in [6.45, 7) is 3.98. The van der Waals surface area contributed by atoms with Crippen LogP contribution in [0.25, 0.3) is 0 Å². The van der Waals surface area contributed by atoms with Gasteiger partial charge in [0.15, 0.2) is 0 Å². The van der Waals surface area contributed by atoms with Crippen molar-refractivity contribution in [1.29, 1.82) is 0 Å². The summed E-state index contributed by atoms with van der Waals surface area (Å²) in [6.07, 6.45) is 1.73. The summed E-state index contributed by atoms with van der Waals surface area (Å²) in [4.78, 5) is 18.3. The second-order valence-electron chi connectivity index (χ2n) is 4.97. The summed E-state index contributed by atoms with van der Waals surface area (Å²) in [7, 11) is 1.73. The van der Waals surface area contributed by atoms with Gasteiger partial charge in [0.2, 0.25) is 5.82 Å². The van der Waals surface area contributed by atoms with Crippen molar-refractivity contribution in [2.75, 3.05) is 7.05 Å². The van der Waals surface area contributed by atoms with Gasteiger partial charge in [-0.25, -0.2) is 4.98 Å². The molecule has 2 rings (SSSR count). The van der Waals surface area contributed by atoms with Crippen LogP contribution in [-0.4, -0.2) is 33.0 Å². The van der Waals surface area contributed by atoms with Crippen LogP contribution in [0, 0.1) is 0 Å². The molecule has 1 aromatic carbocycles. The number of halogens is 1. The Morgan fingerprint density at radius 3 is 2.81 bits per heavy atom. The molecule has 2 aromatic rings. The predicted molar refractivity (Wildman–Crippen MR) is 82.3 cm³/mol. The average Bonchev–Trinajstić information content (AvgIpc) is 2.94. The van der Waals surface area contributed by atoms with Gasteiger partial charge in [-0.05, 0) is 25.0 Å². The lowest BCUT2D eigenvalue weighted by Gasteiger charge is -2.24. The monoisotopic (exact) mass is 306 g/mol. The third-order valence-electron chi connectivity index (χ3n) is 3.47. The Labute approximate surface area is 129 Å². The van der Waals surface area contributed by atoms with Crippen LogP contribution in [0.4, 0.5) is 0 Å². The van der Waals surface area contributed by atoms with Crippen LogP contribution >= 0.6 is 11.6 Å². The highest BCUT2D eigenvalue weighted by Crippen LogP contribution is 2.26. The smallest absolute Gasteiger partial charge is 0.293 e. The number of rotatable bonds is 5. The van der Waals surface area contributed by atoms with Gasteiger partial charge in [-0.3, -0.25) is 9.89 Å². The normalized spacial score (nSPS) is 12.2. The minimum Gasteiger partial charge on any atom is -0.332 e. The molecule has 0 aliphatic carbocycles. The summed E-state index contributed by atoms with van der Waals surface area (Å²) in [6, 6.07) is 7.35. The summed E-state index contributed by atoms with van der Waals surface area (Å²) in [5.74, 6) is 0.709. The van der Waals surface area contributed by atoms with E-state index in [-0.39, 0.29) is 17.8 Å². The molecule has 21 heavy (non-hydrogen) atoms. The highest BCUT2D eigenvalue weighted by Gasteiger charge is 2.23. The van der Waals surface area contributed by atoms with Crippen molar-refractivity contribution < 1.29 is 4.79 Å². The molecule has 0 radical (unpaired) electrons. The van der Waals surface area contributed by atoms with Gasteiger partial charge in [-0.15, -0.1) is 5.10 Å². The van der Waals surface area contributed by atoms with E-state index in [1.54, 1.807) is 11.9 Å². The molecule has 0 aliphatic rings. The highest BCUT2D eigenvalue weighted by molar-refractivity contribution is 6.31. The Balaban J connectivity index is 2.16. The molecule has 1 atom stereocenters. The van der Waals surface area contributed by atoms with Crippen molar-refractivity contribution >= 4 is 17.5 Å². The van der Waals surface area contributed by atoms with Gasteiger partial charge < -0.3 is 4.90 Å². The Bertz CT molecular complexity index is 626. The summed E-state index contributed by atoms with van der Waals surface area (Å²) in [5, 5.41) is 7.44. The summed E-state index contributed by atoms with van der Waals surface area (Å²) in [5.41, 5.74) is 0.902. The minimum absolute atomic E-state index is 0.153. The first-order valence-electron chi connectivity index (χ1n) is 6.97. The number of aryl methyl sites for hydroxylation is 1. The van der Waals surface area contributed by atoms with Gasteiger partial charge in [0.1, 0.15) is 5.82 Å². The zero-order chi connectivity index (χ0) is 15.4. The fourth-order valence-electron chi connectivity index (χ4n) is 2.10. The van der Waals surface area contributed by atoms with Crippen molar-refractivity contribution in [2.45, 2.75) is 32.7 Å². The van der Waals surface area contributed by atoms with E-state index in [0.717, 1.165) is 24.2 Å². The Morgan fingerprint density at radius 1 is 1.43 bits per heavy atom. The third kappa shape index (κ3) is 3.42. The molecular formula is C15H19ClN4O. The number of hydrogen-bond acceptors (Lipinski definition) is 3. The van der Waals surface area contributed by atoms with Crippen molar-refractivity contribution in [2.24, 2.45) is 0 Å². The number of carbonyl (C=O) groups is 1. The van der Waals surface area contributed by atoms with Gasteiger partial charge in [-0.2, -0.15) is 0 Å². The number of benzene rings is 1. The van der Waals surface area contributed by atoms with E-state index in [0.29, 0.717) is 5.02 Å². The number of hydrogen-bond donors (Lipinski definition) is 1. The summed E-state index contributed by atoms with van der Waals surface area (Å²) >= 11 is 6.18. The van der Waals surface area contributed by atoms with Crippen molar-refractivity contribution in [3.8, 4) is 0 Å². The minimum atomic E-state index is -0.221. The Kier molecular flexibility index (Phi) is 4.96. The van der Waals surface area contributed by atoms with Crippen LogP contribution in [0.3, 0.4) is 0 Å². The Hall–Kier alpha value is -1.88. The zero-order valence-electron chi connectivity index (χ0n) is 12.4.